The maximum absolute atomic E-state index is 4.65. The molecule has 0 amide bonds. The molecule has 0 saturated carbocycles. The topological polar surface area (TPSA) is 54.2 Å². The van der Waals surface area contributed by atoms with Gasteiger partial charge in [-0.2, -0.15) is 11.3 Å². The molecule has 2 aromatic heterocycles. The second kappa shape index (κ2) is 11.1. The third-order valence-corrected chi connectivity index (χ3v) is 4.80. The van der Waals surface area contributed by atoms with Crippen LogP contribution in [0.25, 0.3) is 0 Å². The van der Waals surface area contributed by atoms with Gasteiger partial charge in [0.1, 0.15) is 5.82 Å². The largest absolute Gasteiger partial charge is 0.357 e. The molecule has 0 unspecified atom stereocenters. The van der Waals surface area contributed by atoms with Crippen molar-refractivity contribution in [2.45, 2.75) is 33.5 Å². The second-order valence-electron chi connectivity index (χ2n) is 6.10. The highest BCUT2D eigenvalue weighted by Gasteiger charge is 2.02. The molecule has 0 saturated heterocycles. The van der Waals surface area contributed by atoms with Crippen LogP contribution in [-0.4, -0.2) is 22.1 Å². The van der Waals surface area contributed by atoms with Crippen molar-refractivity contribution in [2.75, 3.05) is 6.54 Å². The van der Waals surface area contributed by atoms with E-state index in [-0.39, 0.29) is 24.0 Å². The van der Waals surface area contributed by atoms with Crippen molar-refractivity contribution in [3.05, 3.63) is 76.0 Å². The molecule has 0 spiro atoms. The summed E-state index contributed by atoms with van der Waals surface area (Å²) in [4.78, 5) is 8.94. The average Bonchev–Trinajstić information content (AvgIpc) is 3.30. The van der Waals surface area contributed by atoms with Crippen LogP contribution >= 0.6 is 35.3 Å². The van der Waals surface area contributed by atoms with Crippen LogP contribution in [0.4, 0.5) is 0 Å². The summed E-state index contributed by atoms with van der Waals surface area (Å²) in [6.45, 7) is 7.22. The average molecular weight is 495 g/mol. The van der Waals surface area contributed by atoms with Gasteiger partial charge >= 0.3 is 0 Å². The van der Waals surface area contributed by atoms with Gasteiger partial charge in [0, 0.05) is 32.0 Å². The lowest BCUT2D eigenvalue weighted by molar-refractivity contribution is 0.758. The maximum Gasteiger partial charge on any atom is 0.191 e. The number of hydrogen-bond acceptors (Lipinski definition) is 3. The summed E-state index contributed by atoms with van der Waals surface area (Å²) in [5.74, 6) is 1.87. The Morgan fingerprint density at radius 3 is 2.74 bits per heavy atom. The fraction of sp³-hybridized carbons (Fsp3) is 0.300. The van der Waals surface area contributed by atoms with Crippen molar-refractivity contribution >= 4 is 41.3 Å². The zero-order valence-corrected chi connectivity index (χ0v) is 18.8. The van der Waals surface area contributed by atoms with E-state index >= 15 is 0 Å². The molecule has 144 valence electrons. The zero-order chi connectivity index (χ0) is 18.2. The number of aromatic nitrogens is 2. The highest BCUT2D eigenvalue weighted by atomic mass is 127. The number of thiophene rings is 1. The number of halogens is 1. The molecule has 0 fully saturated rings. The summed E-state index contributed by atoms with van der Waals surface area (Å²) in [6.07, 6.45) is 3.86. The Morgan fingerprint density at radius 2 is 2.04 bits per heavy atom. The molecule has 0 bridgehead atoms. The lowest BCUT2D eigenvalue weighted by Gasteiger charge is -2.12. The molecule has 1 aromatic carbocycles. The minimum absolute atomic E-state index is 0. The van der Waals surface area contributed by atoms with Crippen LogP contribution in [0.2, 0.25) is 0 Å². The smallest absolute Gasteiger partial charge is 0.191 e. The summed E-state index contributed by atoms with van der Waals surface area (Å²) in [7, 11) is 0. The number of nitrogens with zero attached hydrogens (tertiary/aromatic N) is 3. The first-order chi connectivity index (χ1) is 12.7. The minimum atomic E-state index is 0. The van der Waals surface area contributed by atoms with Crippen molar-refractivity contribution in [2.24, 2.45) is 4.99 Å². The monoisotopic (exact) mass is 495 g/mol. The Balaban J connectivity index is 0.00000261. The Labute approximate surface area is 182 Å². The van der Waals surface area contributed by atoms with Crippen LogP contribution in [-0.2, 0) is 19.6 Å². The number of benzene rings is 1. The van der Waals surface area contributed by atoms with E-state index in [2.05, 4.69) is 73.2 Å². The normalized spacial score (nSPS) is 11.1. The van der Waals surface area contributed by atoms with E-state index < -0.39 is 0 Å². The molecular formula is C20H26IN5S. The third kappa shape index (κ3) is 6.66. The van der Waals surface area contributed by atoms with E-state index in [0.717, 1.165) is 31.4 Å². The van der Waals surface area contributed by atoms with Gasteiger partial charge in [0.15, 0.2) is 5.96 Å². The lowest BCUT2D eigenvalue weighted by Crippen LogP contribution is -2.36. The fourth-order valence-electron chi connectivity index (χ4n) is 2.69. The Morgan fingerprint density at radius 1 is 1.19 bits per heavy atom. The van der Waals surface area contributed by atoms with Gasteiger partial charge in [-0.1, -0.05) is 24.3 Å². The van der Waals surface area contributed by atoms with E-state index in [1.54, 1.807) is 11.3 Å². The zero-order valence-electron chi connectivity index (χ0n) is 15.7. The minimum Gasteiger partial charge on any atom is -0.357 e. The molecule has 0 atom stereocenters. The second-order valence-corrected chi connectivity index (χ2v) is 6.88. The van der Waals surface area contributed by atoms with Gasteiger partial charge in [0.25, 0.3) is 0 Å². The van der Waals surface area contributed by atoms with Gasteiger partial charge in [-0.15, -0.1) is 24.0 Å². The first-order valence-corrected chi connectivity index (χ1v) is 9.77. The SMILES string of the molecule is CCNC(=NCc1ccsc1)NCc1cccc(Cn2ccnc2C)c1.I. The summed E-state index contributed by atoms with van der Waals surface area (Å²) in [5, 5.41) is 10.9. The number of rotatable bonds is 7. The maximum atomic E-state index is 4.65. The number of imidazole rings is 1. The Bertz CT molecular complexity index is 842. The van der Waals surface area contributed by atoms with Crippen molar-refractivity contribution < 1.29 is 0 Å². The molecule has 3 rings (SSSR count). The van der Waals surface area contributed by atoms with E-state index in [4.69, 9.17) is 0 Å². The Kier molecular flexibility index (Phi) is 8.80. The van der Waals surface area contributed by atoms with Crippen molar-refractivity contribution in [1.29, 1.82) is 0 Å². The summed E-state index contributed by atoms with van der Waals surface area (Å²) < 4.78 is 2.15. The van der Waals surface area contributed by atoms with Gasteiger partial charge in [-0.25, -0.2) is 9.98 Å². The number of nitrogens with one attached hydrogen (secondary N) is 2. The molecule has 0 radical (unpaired) electrons. The first kappa shape index (κ1) is 21.4. The number of aryl methyl sites for hydroxylation is 1. The number of hydrogen-bond donors (Lipinski definition) is 2. The van der Waals surface area contributed by atoms with Crippen LogP contribution in [0.3, 0.4) is 0 Å². The number of aliphatic imine (C=N–C) groups is 1. The van der Waals surface area contributed by atoms with Crippen LogP contribution < -0.4 is 10.6 Å². The van der Waals surface area contributed by atoms with Crippen LogP contribution in [0.5, 0.6) is 0 Å². The summed E-state index contributed by atoms with van der Waals surface area (Å²) in [5.41, 5.74) is 3.75. The highest BCUT2D eigenvalue weighted by molar-refractivity contribution is 14.0. The van der Waals surface area contributed by atoms with E-state index in [0.29, 0.717) is 6.54 Å². The standard InChI is InChI=1S/C20H25N5S.HI/c1-3-21-20(24-13-19-7-10-26-15-19)23-12-17-5-4-6-18(11-17)14-25-9-8-22-16(25)2;/h4-11,15H,3,12-14H2,1-2H3,(H2,21,23,24);1H. The molecule has 7 heteroatoms. The molecule has 5 nitrogen and oxygen atoms in total. The lowest BCUT2D eigenvalue weighted by atomic mass is 10.1. The van der Waals surface area contributed by atoms with E-state index in [1.165, 1.54) is 16.7 Å². The summed E-state index contributed by atoms with van der Waals surface area (Å²) in [6, 6.07) is 10.7. The van der Waals surface area contributed by atoms with Gasteiger partial charge < -0.3 is 15.2 Å². The molecule has 2 heterocycles. The number of guanidine groups is 1. The molecular weight excluding hydrogens is 469 g/mol. The highest BCUT2D eigenvalue weighted by Crippen LogP contribution is 2.09. The van der Waals surface area contributed by atoms with Gasteiger partial charge in [0.2, 0.25) is 0 Å². The predicted octanol–water partition coefficient (Wildman–Crippen LogP) is 4.17. The van der Waals surface area contributed by atoms with Crippen molar-refractivity contribution in [1.82, 2.24) is 20.2 Å². The van der Waals surface area contributed by atoms with Crippen LogP contribution in [0, 0.1) is 6.92 Å². The molecule has 0 aliphatic carbocycles. The fourth-order valence-corrected chi connectivity index (χ4v) is 3.35. The van der Waals surface area contributed by atoms with E-state index in [1.807, 2.05) is 19.3 Å². The van der Waals surface area contributed by atoms with Gasteiger partial charge in [-0.05, 0) is 47.4 Å². The van der Waals surface area contributed by atoms with Gasteiger partial charge in [-0.3, -0.25) is 0 Å². The molecule has 27 heavy (non-hydrogen) atoms. The Hall–Kier alpha value is -1.87. The summed E-state index contributed by atoms with van der Waals surface area (Å²) >= 11 is 1.70. The quantitative estimate of drug-likeness (QED) is 0.294. The first-order valence-electron chi connectivity index (χ1n) is 8.83. The van der Waals surface area contributed by atoms with Gasteiger partial charge in [0.05, 0.1) is 6.54 Å². The predicted molar refractivity (Wildman–Crippen MR) is 124 cm³/mol. The third-order valence-electron chi connectivity index (χ3n) is 4.07. The van der Waals surface area contributed by atoms with Crippen molar-refractivity contribution in [3.63, 3.8) is 0 Å². The van der Waals surface area contributed by atoms with Crippen LogP contribution in [0.15, 0.2) is 58.5 Å². The van der Waals surface area contributed by atoms with E-state index in [9.17, 15) is 0 Å². The van der Waals surface area contributed by atoms with Crippen molar-refractivity contribution in [3.8, 4) is 0 Å². The molecule has 2 N–H and O–H groups in total. The molecule has 3 aromatic rings. The molecule has 0 aliphatic heterocycles. The molecule has 0 aliphatic rings. The van der Waals surface area contributed by atoms with Crippen LogP contribution in [0.1, 0.15) is 29.4 Å².